The SMILES string of the molecule is CC(C)(C)c1ccc2c(c1)-c1nc3nonc3nc1C2=O. The highest BCUT2D eigenvalue weighted by Crippen LogP contribution is 2.37. The summed E-state index contributed by atoms with van der Waals surface area (Å²) in [5, 5.41) is 7.33. The third kappa shape index (κ3) is 1.62. The first kappa shape index (κ1) is 12.1. The second kappa shape index (κ2) is 3.72. The van der Waals surface area contributed by atoms with Gasteiger partial charge in [0.25, 0.3) is 0 Å². The predicted octanol–water partition coefficient (Wildman–Crippen LogP) is 2.52. The van der Waals surface area contributed by atoms with Gasteiger partial charge >= 0.3 is 0 Å². The van der Waals surface area contributed by atoms with Crippen LogP contribution in [0.3, 0.4) is 0 Å². The molecule has 0 fully saturated rings. The van der Waals surface area contributed by atoms with Gasteiger partial charge in [-0.25, -0.2) is 14.6 Å². The van der Waals surface area contributed by atoms with Crippen LogP contribution in [0.15, 0.2) is 22.8 Å². The lowest BCUT2D eigenvalue weighted by Gasteiger charge is -2.19. The molecule has 0 spiro atoms. The van der Waals surface area contributed by atoms with E-state index >= 15 is 0 Å². The number of benzene rings is 1. The first-order chi connectivity index (χ1) is 9.95. The van der Waals surface area contributed by atoms with Gasteiger partial charge in [0, 0.05) is 11.1 Å². The molecule has 21 heavy (non-hydrogen) atoms. The molecule has 4 rings (SSSR count). The van der Waals surface area contributed by atoms with Gasteiger partial charge in [0.05, 0.1) is 0 Å². The van der Waals surface area contributed by atoms with Crippen molar-refractivity contribution in [1.29, 1.82) is 0 Å². The minimum Gasteiger partial charge on any atom is -0.287 e. The van der Waals surface area contributed by atoms with Gasteiger partial charge < -0.3 is 0 Å². The van der Waals surface area contributed by atoms with Crippen LogP contribution < -0.4 is 0 Å². The van der Waals surface area contributed by atoms with Crippen molar-refractivity contribution in [1.82, 2.24) is 20.3 Å². The average Bonchev–Trinajstić information content (AvgIpc) is 3.00. The molecule has 1 aliphatic rings. The molecule has 2 heterocycles. The third-order valence-corrected chi connectivity index (χ3v) is 3.71. The molecule has 0 amide bonds. The zero-order chi connectivity index (χ0) is 14.8. The first-order valence-electron chi connectivity index (χ1n) is 6.65. The Labute approximate surface area is 120 Å². The Hall–Kier alpha value is -2.63. The van der Waals surface area contributed by atoms with Crippen LogP contribution in [0.2, 0.25) is 0 Å². The summed E-state index contributed by atoms with van der Waals surface area (Å²) in [6, 6.07) is 5.83. The lowest BCUT2D eigenvalue weighted by Crippen LogP contribution is -2.11. The van der Waals surface area contributed by atoms with Gasteiger partial charge in [-0.15, -0.1) is 0 Å². The molecule has 0 saturated heterocycles. The van der Waals surface area contributed by atoms with Crippen molar-refractivity contribution in [2.45, 2.75) is 26.2 Å². The van der Waals surface area contributed by atoms with Crippen molar-refractivity contribution >= 4 is 17.1 Å². The van der Waals surface area contributed by atoms with Crippen molar-refractivity contribution in [3.8, 4) is 11.3 Å². The Bertz CT molecular complexity index is 906. The Kier molecular flexibility index (Phi) is 2.15. The Morgan fingerprint density at radius 3 is 2.29 bits per heavy atom. The van der Waals surface area contributed by atoms with Crippen LogP contribution in [0, 0.1) is 0 Å². The van der Waals surface area contributed by atoms with Gasteiger partial charge in [0.1, 0.15) is 11.4 Å². The molecule has 2 aromatic heterocycles. The van der Waals surface area contributed by atoms with E-state index in [1.807, 2.05) is 18.2 Å². The topological polar surface area (TPSA) is 81.8 Å². The van der Waals surface area contributed by atoms with Crippen molar-refractivity contribution in [3.63, 3.8) is 0 Å². The summed E-state index contributed by atoms with van der Waals surface area (Å²) in [5.41, 5.74) is 4.02. The number of carbonyl (C=O) groups excluding carboxylic acids is 1. The van der Waals surface area contributed by atoms with Gasteiger partial charge in [-0.3, -0.25) is 4.79 Å². The van der Waals surface area contributed by atoms with Crippen LogP contribution >= 0.6 is 0 Å². The minimum absolute atomic E-state index is 0.00614. The maximum Gasteiger partial charge on any atom is 0.244 e. The zero-order valence-corrected chi connectivity index (χ0v) is 11.8. The number of hydrogen-bond donors (Lipinski definition) is 0. The highest BCUT2D eigenvalue weighted by molar-refractivity contribution is 6.20. The predicted molar refractivity (Wildman–Crippen MR) is 75.0 cm³/mol. The molecule has 3 aromatic rings. The monoisotopic (exact) mass is 280 g/mol. The van der Waals surface area contributed by atoms with E-state index in [1.165, 1.54) is 0 Å². The average molecular weight is 280 g/mol. The molecule has 1 aromatic carbocycles. The summed E-state index contributed by atoms with van der Waals surface area (Å²) in [4.78, 5) is 21.0. The number of aromatic nitrogens is 4. The second-order valence-electron chi connectivity index (χ2n) is 6.17. The molecule has 6 nitrogen and oxygen atoms in total. The van der Waals surface area contributed by atoms with Crippen LogP contribution in [0.5, 0.6) is 0 Å². The summed E-state index contributed by atoms with van der Waals surface area (Å²) in [6.45, 7) is 6.38. The van der Waals surface area contributed by atoms with Gasteiger partial charge in [0.2, 0.25) is 17.1 Å². The van der Waals surface area contributed by atoms with E-state index in [0.29, 0.717) is 22.6 Å². The smallest absolute Gasteiger partial charge is 0.244 e. The summed E-state index contributed by atoms with van der Waals surface area (Å²) >= 11 is 0. The van der Waals surface area contributed by atoms with Crippen molar-refractivity contribution < 1.29 is 9.42 Å². The zero-order valence-electron chi connectivity index (χ0n) is 11.8. The Balaban J connectivity index is 2.02. The molecular formula is C15H12N4O2. The molecule has 1 aliphatic carbocycles. The number of carbonyl (C=O) groups is 1. The molecule has 0 bridgehead atoms. The van der Waals surface area contributed by atoms with Crippen molar-refractivity contribution in [2.75, 3.05) is 0 Å². The van der Waals surface area contributed by atoms with Crippen LogP contribution in [0.1, 0.15) is 42.4 Å². The van der Waals surface area contributed by atoms with E-state index < -0.39 is 0 Å². The van der Waals surface area contributed by atoms with Gasteiger partial charge in [-0.05, 0) is 33.4 Å². The summed E-state index contributed by atoms with van der Waals surface area (Å²) in [5.74, 6) is -0.127. The molecule has 0 unspecified atom stereocenters. The molecular weight excluding hydrogens is 268 g/mol. The summed E-state index contributed by atoms with van der Waals surface area (Å²) < 4.78 is 4.61. The van der Waals surface area contributed by atoms with E-state index in [1.54, 1.807) is 0 Å². The number of rotatable bonds is 0. The number of ketones is 1. The number of hydrogen-bond acceptors (Lipinski definition) is 6. The highest BCUT2D eigenvalue weighted by atomic mass is 16.6. The van der Waals surface area contributed by atoms with Crippen molar-refractivity contribution in [2.24, 2.45) is 0 Å². The molecule has 6 heteroatoms. The fraction of sp³-hybridized carbons (Fsp3) is 0.267. The van der Waals surface area contributed by atoms with Gasteiger partial charge in [-0.1, -0.05) is 26.8 Å². The molecule has 0 saturated carbocycles. The lowest BCUT2D eigenvalue weighted by molar-refractivity contribution is 0.103. The second-order valence-corrected chi connectivity index (χ2v) is 6.17. The number of fused-ring (bicyclic) bond motifs is 4. The minimum atomic E-state index is -0.127. The van der Waals surface area contributed by atoms with E-state index in [0.717, 1.165) is 11.1 Å². The highest BCUT2D eigenvalue weighted by Gasteiger charge is 2.32. The summed E-state index contributed by atoms with van der Waals surface area (Å²) in [6.07, 6.45) is 0. The Morgan fingerprint density at radius 1 is 0.952 bits per heavy atom. The maximum absolute atomic E-state index is 12.4. The molecule has 104 valence electrons. The van der Waals surface area contributed by atoms with E-state index in [2.05, 4.69) is 45.7 Å². The van der Waals surface area contributed by atoms with Crippen LogP contribution in [0.25, 0.3) is 22.6 Å². The maximum atomic E-state index is 12.4. The fourth-order valence-electron chi connectivity index (χ4n) is 2.52. The first-order valence-corrected chi connectivity index (χ1v) is 6.65. The molecule has 0 N–H and O–H groups in total. The number of nitrogens with zero attached hydrogens (tertiary/aromatic N) is 4. The summed E-state index contributed by atoms with van der Waals surface area (Å²) in [7, 11) is 0. The quantitative estimate of drug-likeness (QED) is 0.492. The Morgan fingerprint density at radius 2 is 1.62 bits per heavy atom. The van der Waals surface area contributed by atoms with Crippen LogP contribution in [0.4, 0.5) is 0 Å². The van der Waals surface area contributed by atoms with Crippen LogP contribution in [-0.4, -0.2) is 26.1 Å². The third-order valence-electron chi connectivity index (χ3n) is 3.71. The standard InChI is InChI=1S/C15H12N4O2/c1-15(2,3)7-4-5-8-9(6-7)10-11(12(8)20)17-14-13(16-10)18-21-19-14/h4-6H,1-3H3. The normalized spacial score (nSPS) is 13.6. The van der Waals surface area contributed by atoms with E-state index in [4.69, 9.17) is 0 Å². The lowest BCUT2D eigenvalue weighted by atomic mass is 9.85. The van der Waals surface area contributed by atoms with Gasteiger partial charge in [-0.2, -0.15) is 0 Å². The van der Waals surface area contributed by atoms with Crippen LogP contribution in [-0.2, 0) is 5.41 Å². The van der Waals surface area contributed by atoms with Gasteiger partial charge in [0.15, 0.2) is 0 Å². The largest absolute Gasteiger partial charge is 0.287 e. The van der Waals surface area contributed by atoms with E-state index in [9.17, 15) is 4.79 Å². The van der Waals surface area contributed by atoms with Crippen molar-refractivity contribution in [3.05, 3.63) is 35.0 Å². The molecule has 0 atom stereocenters. The van der Waals surface area contributed by atoms with E-state index in [-0.39, 0.29) is 16.8 Å². The molecule has 0 radical (unpaired) electrons. The fourth-order valence-corrected chi connectivity index (χ4v) is 2.52. The molecule has 0 aliphatic heterocycles.